The zero-order valence-electron chi connectivity index (χ0n) is 14.2. The van der Waals surface area contributed by atoms with Crippen LogP contribution < -0.4 is 14.5 Å². The first-order valence-electron chi connectivity index (χ1n) is 8.06. The molecule has 4 rings (SSSR count). The number of amidine groups is 1. The average Bonchev–Trinajstić information content (AvgIpc) is 3.13. The third kappa shape index (κ3) is 2.52. The van der Waals surface area contributed by atoms with E-state index in [1.165, 1.54) is 5.56 Å². The number of benzene rings is 2. The maximum Gasteiger partial charge on any atom is 0.142 e. The second-order valence-corrected chi connectivity index (χ2v) is 5.99. The Kier molecular flexibility index (Phi) is 3.65. The standard InChI is InChI=1S/C19H19N5O/c1-13-7-9-14(10-8-13)23-12-24(16-5-3-4-6-17(16)25-2)19-15(18(23)20)11-21-22-19/h3-11,20H,12H2,1-2H3,(H,21,22). The first-order chi connectivity index (χ1) is 12.2. The van der Waals surface area contributed by atoms with Crippen molar-refractivity contribution in [2.24, 2.45) is 0 Å². The third-order valence-electron chi connectivity index (χ3n) is 4.42. The minimum Gasteiger partial charge on any atom is -0.495 e. The number of hydrogen-bond acceptors (Lipinski definition) is 4. The fourth-order valence-corrected chi connectivity index (χ4v) is 3.07. The molecule has 0 radical (unpaired) electrons. The van der Waals surface area contributed by atoms with Gasteiger partial charge in [-0.1, -0.05) is 29.8 Å². The molecule has 1 aliphatic rings. The summed E-state index contributed by atoms with van der Waals surface area (Å²) < 4.78 is 5.53. The molecule has 25 heavy (non-hydrogen) atoms. The van der Waals surface area contributed by atoms with Crippen molar-refractivity contribution in [1.29, 1.82) is 5.41 Å². The second-order valence-electron chi connectivity index (χ2n) is 5.99. The van der Waals surface area contributed by atoms with Gasteiger partial charge in [0.05, 0.1) is 24.6 Å². The van der Waals surface area contributed by atoms with Crippen molar-refractivity contribution in [2.75, 3.05) is 23.6 Å². The number of nitrogens with zero attached hydrogens (tertiary/aromatic N) is 3. The van der Waals surface area contributed by atoms with E-state index in [-0.39, 0.29) is 0 Å². The number of nitrogens with one attached hydrogen (secondary N) is 2. The second kappa shape index (κ2) is 5.98. The van der Waals surface area contributed by atoms with Gasteiger partial charge >= 0.3 is 0 Å². The number of anilines is 3. The topological polar surface area (TPSA) is 68.2 Å². The highest BCUT2D eigenvalue weighted by atomic mass is 16.5. The minimum atomic E-state index is 0.429. The number of ether oxygens (including phenoxy) is 1. The number of methoxy groups -OCH3 is 1. The van der Waals surface area contributed by atoms with Gasteiger partial charge in [0.25, 0.3) is 0 Å². The van der Waals surface area contributed by atoms with E-state index in [0.29, 0.717) is 12.5 Å². The fourth-order valence-electron chi connectivity index (χ4n) is 3.07. The SMILES string of the molecule is COc1ccccc1N1CN(c2ccc(C)cc2)C(=N)c2cn[nH]c21. The van der Waals surface area contributed by atoms with E-state index in [2.05, 4.69) is 34.2 Å². The zero-order valence-corrected chi connectivity index (χ0v) is 14.2. The van der Waals surface area contributed by atoms with Crippen LogP contribution in [0, 0.1) is 12.3 Å². The maximum atomic E-state index is 8.59. The van der Waals surface area contributed by atoms with Gasteiger partial charge in [0.1, 0.15) is 24.1 Å². The molecule has 0 saturated carbocycles. The Bertz CT molecular complexity index is 916. The van der Waals surface area contributed by atoms with Gasteiger partial charge in [-0.25, -0.2) is 0 Å². The Morgan fingerprint density at radius 3 is 2.60 bits per heavy atom. The van der Waals surface area contributed by atoms with Crippen molar-refractivity contribution in [3.8, 4) is 5.75 Å². The van der Waals surface area contributed by atoms with Gasteiger partial charge in [-0.05, 0) is 31.2 Å². The summed E-state index contributed by atoms with van der Waals surface area (Å²) in [5, 5.41) is 15.8. The van der Waals surface area contributed by atoms with Crippen molar-refractivity contribution >= 4 is 23.0 Å². The highest BCUT2D eigenvalue weighted by Crippen LogP contribution is 2.38. The lowest BCUT2D eigenvalue weighted by Crippen LogP contribution is -2.44. The minimum absolute atomic E-state index is 0.429. The van der Waals surface area contributed by atoms with Crippen LogP contribution in [-0.2, 0) is 0 Å². The lowest BCUT2D eigenvalue weighted by molar-refractivity contribution is 0.415. The van der Waals surface area contributed by atoms with Crippen molar-refractivity contribution in [1.82, 2.24) is 10.2 Å². The van der Waals surface area contributed by atoms with Gasteiger partial charge < -0.3 is 14.5 Å². The molecule has 0 spiro atoms. The summed E-state index contributed by atoms with van der Waals surface area (Å²) >= 11 is 0. The Hall–Kier alpha value is -3.28. The van der Waals surface area contributed by atoms with Gasteiger partial charge in [0.15, 0.2) is 0 Å². The summed E-state index contributed by atoms with van der Waals surface area (Å²) in [7, 11) is 1.66. The lowest BCUT2D eigenvalue weighted by Gasteiger charge is -2.38. The van der Waals surface area contributed by atoms with Crippen LogP contribution >= 0.6 is 0 Å². The number of H-pyrrole nitrogens is 1. The Balaban J connectivity index is 1.81. The predicted octanol–water partition coefficient (Wildman–Crippen LogP) is 3.67. The van der Waals surface area contributed by atoms with Crippen LogP contribution in [0.4, 0.5) is 17.2 Å². The van der Waals surface area contributed by atoms with Crippen molar-refractivity contribution in [3.63, 3.8) is 0 Å². The molecule has 0 saturated heterocycles. The summed E-state index contributed by atoms with van der Waals surface area (Å²) in [5.41, 5.74) is 3.86. The van der Waals surface area contributed by atoms with Crippen LogP contribution in [0.5, 0.6) is 5.75 Å². The summed E-state index contributed by atoms with van der Waals surface area (Å²) in [4.78, 5) is 4.04. The van der Waals surface area contributed by atoms with E-state index in [1.807, 2.05) is 41.3 Å². The van der Waals surface area contributed by atoms with Crippen LogP contribution in [-0.4, -0.2) is 29.8 Å². The first kappa shape index (κ1) is 15.3. The number of aromatic amines is 1. The number of fused-ring (bicyclic) bond motifs is 1. The number of para-hydroxylation sites is 2. The molecule has 6 heteroatoms. The molecule has 0 bridgehead atoms. The van der Waals surface area contributed by atoms with E-state index < -0.39 is 0 Å². The molecule has 0 fully saturated rings. The molecule has 0 amide bonds. The van der Waals surface area contributed by atoms with Crippen LogP contribution in [0.15, 0.2) is 54.7 Å². The van der Waals surface area contributed by atoms with Crippen LogP contribution in [0.3, 0.4) is 0 Å². The van der Waals surface area contributed by atoms with Gasteiger partial charge in [-0.3, -0.25) is 10.5 Å². The van der Waals surface area contributed by atoms with Crippen molar-refractivity contribution < 1.29 is 4.74 Å². The molecule has 0 atom stereocenters. The van der Waals surface area contributed by atoms with E-state index in [9.17, 15) is 0 Å². The molecule has 126 valence electrons. The molecule has 0 aliphatic carbocycles. The van der Waals surface area contributed by atoms with E-state index in [0.717, 1.165) is 28.5 Å². The molecule has 3 aromatic rings. The quantitative estimate of drug-likeness (QED) is 0.767. The molecule has 2 aromatic carbocycles. The normalized spacial score (nSPS) is 13.8. The number of aromatic nitrogens is 2. The van der Waals surface area contributed by atoms with Crippen molar-refractivity contribution in [3.05, 3.63) is 65.9 Å². The van der Waals surface area contributed by atoms with Crippen molar-refractivity contribution in [2.45, 2.75) is 6.92 Å². The monoisotopic (exact) mass is 333 g/mol. The van der Waals surface area contributed by atoms with E-state index >= 15 is 0 Å². The number of aryl methyl sites for hydroxylation is 1. The summed E-state index contributed by atoms with van der Waals surface area (Å²) in [5.74, 6) is 2.01. The van der Waals surface area contributed by atoms with Gasteiger partial charge in [0.2, 0.25) is 0 Å². The average molecular weight is 333 g/mol. The molecule has 6 nitrogen and oxygen atoms in total. The van der Waals surface area contributed by atoms with Gasteiger partial charge in [-0.2, -0.15) is 5.10 Å². The molecule has 1 aliphatic heterocycles. The molecule has 2 heterocycles. The molecular formula is C19H19N5O. The Labute approximate surface area is 146 Å². The fraction of sp³-hybridized carbons (Fsp3) is 0.158. The highest BCUT2D eigenvalue weighted by molar-refractivity contribution is 6.13. The van der Waals surface area contributed by atoms with E-state index in [1.54, 1.807) is 13.3 Å². The maximum absolute atomic E-state index is 8.59. The summed E-state index contributed by atoms with van der Waals surface area (Å²) in [6.07, 6.45) is 1.69. The Morgan fingerprint density at radius 1 is 1.08 bits per heavy atom. The lowest BCUT2D eigenvalue weighted by atomic mass is 10.1. The van der Waals surface area contributed by atoms with Crippen LogP contribution in [0.25, 0.3) is 0 Å². The zero-order chi connectivity index (χ0) is 17.4. The largest absolute Gasteiger partial charge is 0.495 e. The van der Waals surface area contributed by atoms with Gasteiger partial charge in [-0.15, -0.1) is 0 Å². The third-order valence-corrected chi connectivity index (χ3v) is 4.42. The predicted molar refractivity (Wildman–Crippen MR) is 99.1 cm³/mol. The number of hydrogen-bond donors (Lipinski definition) is 2. The van der Waals surface area contributed by atoms with Crippen LogP contribution in [0.2, 0.25) is 0 Å². The molecule has 0 unspecified atom stereocenters. The smallest absolute Gasteiger partial charge is 0.142 e. The summed E-state index contributed by atoms with van der Waals surface area (Å²) in [6.45, 7) is 2.55. The van der Waals surface area contributed by atoms with Gasteiger partial charge in [0, 0.05) is 5.69 Å². The first-order valence-corrected chi connectivity index (χ1v) is 8.06. The number of rotatable bonds is 3. The summed E-state index contributed by atoms with van der Waals surface area (Å²) in [6, 6.07) is 16.0. The van der Waals surface area contributed by atoms with E-state index in [4.69, 9.17) is 10.1 Å². The molecule has 1 aromatic heterocycles. The Morgan fingerprint density at radius 2 is 1.84 bits per heavy atom. The molecular weight excluding hydrogens is 314 g/mol. The highest BCUT2D eigenvalue weighted by Gasteiger charge is 2.31. The van der Waals surface area contributed by atoms with Crippen LogP contribution in [0.1, 0.15) is 11.1 Å². The molecule has 2 N–H and O–H groups in total.